The van der Waals surface area contributed by atoms with Gasteiger partial charge in [-0.2, -0.15) is 0 Å². The smallest absolute Gasteiger partial charge is 0.303 e. The second kappa shape index (κ2) is 8.62. The molecular formula is C15H22O9. The van der Waals surface area contributed by atoms with E-state index in [9.17, 15) is 19.2 Å². The molecule has 1 heterocycles. The van der Waals surface area contributed by atoms with Crippen molar-refractivity contribution in [2.75, 3.05) is 6.61 Å². The zero-order valence-corrected chi connectivity index (χ0v) is 14.3. The summed E-state index contributed by atoms with van der Waals surface area (Å²) in [7, 11) is 0. The monoisotopic (exact) mass is 346 g/mol. The quantitative estimate of drug-likeness (QED) is 0.489. The normalized spacial score (nSPS) is 27.0. The number of ether oxygens (including phenoxy) is 5. The number of hydrogen-bond donors (Lipinski definition) is 0. The molecule has 24 heavy (non-hydrogen) atoms. The predicted molar refractivity (Wildman–Crippen MR) is 77.6 cm³/mol. The summed E-state index contributed by atoms with van der Waals surface area (Å²) in [5, 5.41) is 0. The van der Waals surface area contributed by atoms with Gasteiger partial charge in [-0.1, -0.05) is 0 Å². The average molecular weight is 346 g/mol. The molecule has 1 unspecified atom stereocenters. The molecule has 136 valence electrons. The van der Waals surface area contributed by atoms with Crippen molar-refractivity contribution in [1.29, 1.82) is 0 Å². The lowest BCUT2D eigenvalue weighted by atomic mass is 10.0. The van der Waals surface area contributed by atoms with Gasteiger partial charge in [0.05, 0.1) is 6.10 Å². The second-order valence-corrected chi connectivity index (χ2v) is 5.40. The van der Waals surface area contributed by atoms with Crippen LogP contribution in [0.3, 0.4) is 0 Å². The van der Waals surface area contributed by atoms with E-state index in [0.717, 1.165) is 0 Å². The molecule has 5 atom stereocenters. The van der Waals surface area contributed by atoms with Gasteiger partial charge in [0.15, 0.2) is 18.3 Å². The minimum atomic E-state index is -1.02. The Labute approximate surface area is 139 Å². The summed E-state index contributed by atoms with van der Waals surface area (Å²) in [4.78, 5) is 45.0. The highest BCUT2D eigenvalue weighted by atomic mass is 16.7. The van der Waals surface area contributed by atoms with Crippen LogP contribution in [0, 0.1) is 0 Å². The van der Waals surface area contributed by atoms with Crippen LogP contribution in [-0.2, 0) is 42.9 Å². The summed E-state index contributed by atoms with van der Waals surface area (Å²) in [5.74, 6) is -2.38. The zero-order valence-electron chi connectivity index (χ0n) is 14.3. The zero-order chi connectivity index (χ0) is 18.4. The van der Waals surface area contributed by atoms with Crippen LogP contribution >= 0.6 is 0 Å². The van der Waals surface area contributed by atoms with E-state index in [0.29, 0.717) is 0 Å². The molecule has 1 rings (SSSR count). The van der Waals surface area contributed by atoms with Gasteiger partial charge in [0, 0.05) is 27.7 Å². The van der Waals surface area contributed by atoms with Gasteiger partial charge in [-0.25, -0.2) is 0 Å². The maximum Gasteiger partial charge on any atom is 0.303 e. The topological polar surface area (TPSA) is 114 Å². The lowest BCUT2D eigenvalue weighted by Gasteiger charge is -2.27. The van der Waals surface area contributed by atoms with E-state index in [2.05, 4.69) is 0 Å². The van der Waals surface area contributed by atoms with Crippen LogP contribution < -0.4 is 0 Å². The minimum absolute atomic E-state index is 0.281. The van der Waals surface area contributed by atoms with Crippen LogP contribution in [0.4, 0.5) is 0 Å². The molecule has 0 radical (unpaired) electrons. The van der Waals surface area contributed by atoms with Crippen LogP contribution in [-0.4, -0.2) is 61.0 Å². The van der Waals surface area contributed by atoms with Crippen molar-refractivity contribution < 1.29 is 42.9 Å². The standard InChI is InChI=1S/C15H22O9/c1-7-13(23-10(4)18)15(24-11(5)19)14(21-7)12(22-9(3)17)6-20-8(2)16/h7,12-15H,6H2,1-5H3/t7-,12?,13-,14+,15+/m0/s1. The molecule has 0 aromatic heterocycles. The number of hydrogen-bond acceptors (Lipinski definition) is 9. The molecular weight excluding hydrogens is 324 g/mol. The van der Waals surface area contributed by atoms with Crippen LogP contribution in [0.25, 0.3) is 0 Å². The molecule has 1 saturated heterocycles. The van der Waals surface area contributed by atoms with Gasteiger partial charge < -0.3 is 23.7 Å². The number of carbonyl (C=O) groups is 4. The molecule has 0 bridgehead atoms. The first kappa shape index (κ1) is 19.9. The molecule has 0 N–H and O–H groups in total. The molecule has 1 aliphatic heterocycles. The van der Waals surface area contributed by atoms with Crippen molar-refractivity contribution in [3.63, 3.8) is 0 Å². The van der Waals surface area contributed by atoms with Crippen LogP contribution in [0.5, 0.6) is 0 Å². The first-order valence-corrected chi connectivity index (χ1v) is 7.42. The van der Waals surface area contributed by atoms with E-state index < -0.39 is 54.4 Å². The second-order valence-electron chi connectivity index (χ2n) is 5.40. The Morgan fingerprint density at radius 2 is 1.42 bits per heavy atom. The van der Waals surface area contributed by atoms with Crippen LogP contribution in [0.2, 0.25) is 0 Å². The summed E-state index contributed by atoms with van der Waals surface area (Å²) >= 11 is 0. The molecule has 0 aromatic rings. The van der Waals surface area contributed by atoms with E-state index in [1.807, 2.05) is 0 Å². The summed E-state index contributed by atoms with van der Waals surface area (Å²) in [5.41, 5.74) is 0. The highest BCUT2D eigenvalue weighted by Gasteiger charge is 2.51. The van der Waals surface area contributed by atoms with Gasteiger partial charge in [-0.05, 0) is 6.92 Å². The molecule has 9 nitrogen and oxygen atoms in total. The number of rotatable bonds is 6. The van der Waals surface area contributed by atoms with Crippen molar-refractivity contribution in [2.24, 2.45) is 0 Å². The SMILES string of the molecule is CC(=O)OCC(OC(C)=O)[C@H]1O[C@@H](C)[C@H](OC(C)=O)[C@H]1OC(C)=O. The van der Waals surface area contributed by atoms with Crippen molar-refractivity contribution in [3.05, 3.63) is 0 Å². The van der Waals surface area contributed by atoms with Gasteiger partial charge in [-0.15, -0.1) is 0 Å². The average Bonchev–Trinajstić information content (AvgIpc) is 2.70. The Hall–Kier alpha value is -2.16. The summed E-state index contributed by atoms with van der Waals surface area (Å²) < 4.78 is 26.0. The van der Waals surface area contributed by atoms with Gasteiger partial charge in [-0.3, -0.25) is 19.2 Å². The number of esters is 4. The molecule has 1 fully saturated rings. The molecule has 0 amide bonds. The summed E-state index contributed by atoms with van der Waals surface area (Å²) in [6.45, 7) is 6.14. The maximum absolute atomic E-state index is 11.4. The fraction of sp³-hybridized carbons (Fsp3) is 0.733. The Morgan fingerprint density at radius 3 is 1.88 bits per heavy atom. The third kappa shape index (κ3) is 5.80. The summed E-state index contributed by atoms with van der Waals surface area (Å²) in [6, 6.07) is 0. The third-order valence-corrected chi connectivity index (χ3v) is 3.22. The Morgan fingerprint density at radius 1 is 0.875 bits per heavy atom. The fourth-order valence-corrected chi connectivity index (χ4v) is 2.44. The first-order valence-electron chi connectivity index (χ1n) is 7.42. The highest BCUT2D eigenvalue weighted by molar-refractivity contribution is 5.68. The lowest BCUT2D eigenvalue weighted by Crippen LogP contribution is -2.46. The Balaban J connectivity index is 3.03. The Bertz CT molecular complexity index is 501. The van der Waals surface area contributed by atoms with Crippen molar-refractivity contribution in [3.8, 4) is 0 Å². The highest BCUT2D eigenvalue weighted by Crippen LogP contribution is 2.30. The van der Waals surface area contributed by atoms with Gasteiger partial charge in [0.1, 0.15) is 12.7 Å². The molecule has 0 saturated carbocycles. The van der Waals surface area contributed by atoms with Crippen LogP contribution in [0.1, 0.15) is 34.6 Å². The van der Waals surface area contributed by atoms with Crippen molar-refractivity contribution in [1.82, 2.24) is 0 Å². The Kier molecular flexibility index (Phi) is 7.15. The molecule has 0 aliphatic carbocycles. The third-order valence-electron chi connectivity index (χ3n) is 3.22. The number of carbonyl (C=O) groups excluding carboxylic acids is 4. The summed E-state index contributed by atoms with van der Waals surface area (Å²) in [6.07, 6.45) is -4.44. The predicted octanol–water partition coefficient (Wildman–Crippen LogP) is 0.132. The van der Waals surface area contributed by atoms with Crippen molar-refractivity contribution >= 4 is 23.9 Å². The van der Waals surface area contributed by atoms with Crippen LogP contribution in [0.15, 0.2) is 0 Å². The maximum atomic E-state index is 11.4. The first-order chi connectivity index (χ1) is 11.1. The van der Waals surface area contributed by atoms with E-state index in [1.54, 1.807) is 6.92 Å². The van der Waals surface area contributed by atoms with E-state index in [4.69, 9.17) is 23.7 Å². The van der Waals surface area contributed by atoms with Gasteiger partial charge in [0.2, 0.25) is 0 Å². The lowest BCUT2D eigenvalue weighted by molar-refractivity contribution is -0.176. The molecule has 0 spiro atoms. The molecule has 0 aromatic carbocycles. The van der Waals surface area contributed by atoms with Gasteiger partial charge in [0.25, 0.3) is 0 Å². The van der Waals surface area contributed by atoms with E-state index in [-0.39, 0.29) is 6.61 Å². The molecule has 1 aliphatic rings. The molecule has 9 heteroatoms. The minimum Gasteiger partial charge on any atom is -0.462 e. The largest absolute Gasteiger partial charge is 0.462 e. The van der Waals surface area contributed by atoms with Gasteiger partial charge >= 0.3 is 23.9 Å². The van der Waals surface area contributed by atoms with E-state index >= 15 is 0 Å². The van der Waals surface area contributed by atoms with Crippen molar-refractivity contribution in [2.45, 2.75) is 65.1 Å². The fourth-order valence-electron chi connectivity index (χ4n) is 2.44. The van der Waals surface area contributed by atoms with E-state index in [1.165, 1.54) is 27.7 Å².